The molecule has 1 aliphatic rings. The smallest absolute Gasteiger partial charge is 0.253 e. The molecule has 0 aromatic heterocycles. The van der Waals surface area contributed by atoms with Crippen LogP contribution in [0.4, 0.5) is 0 Å². The molecule has 0 radical (unpaired) electrons. The maximum absolute atomic E-state index is 12.3. The molecule has 3 N–H and O–H groups in total. The fourth-order valence-corrected chi connectivity index (χ4v) is 2.61. The topological polar surface area (TPSA) is 75.4 Å². The van der Waals surface area contributed by atoms with Crippen molar-refractivity contribution in [3.63, 3.8) is 0 Å². The van der Waals surface area contributed by atoms with Crippen molar-refractivity contribution in [2.24, 2.45) is 5.73 Å². The summed E-state index contributed by atoms with van der Waals surface area (Å²) in [5.41, 5.74) is 7.28. The average molecular weight is 303 g/mol. The Morgan fingerprint density at radius 1 is 1.18 bits per heavy atom. The zero-order chi connectivity index (χ0) is 15.9. The molecule has 5 heteroatoms. The standard InChI is InChI=1S/C17H25N3O2/c1-13(18)11-16(21)19-12-14-5-7-15(8-6-14)17(22)20-9-3-2-4-10-20/h5-8,13H,2-4,9-12,18H2,1H3,(H,19,21). The normalized spacial score (nSPS) is 16.2. The summed E-state index contributed by atoms with van der Waals surface area (Å²) >= 11 is 0. The fourth-order valence-electron chi connectivity index (χ4n) is 2.61. The highest BCUT2D eigenvalue weighted by Gasteiger charge is 2.17. The summed E-state index contributed by atoms with van der Waals surface area (Å²) in [4.78, 5) is 25.8. The number of nitrogens with one attached hydrogen (secondary N) is 1. The number of rotatable bonds is 5. The van der Waals surface area contributed by atoms with Gasteiger partial charge in [0.25, 0.3) is 5.91 Å². The van der Waals surface area contributed by atoms with Crippen LogP contribution in [0, 0.1) is 0 Å². The number of hydrogen-bond acceptors (Lipinski definition) is 3. The molecule has 1 heterocycles. The van der Waals surface area contributed by atoms with Crippen LogP contribution in [0.2, 0.25) is 0 Å². The first-order valence-corrected chi connectivity index (χ1v) is 7.97. The minimum Gasteiger partial charge on any atom is -0.352 e. The molecule has 0 aliphatic carbocycles. The first-order chi connectivity index (χ1) is 10.6. The Morgan fingerprint density at radius 2 is 1.82 bits per heavy atom. The van der Waals surface area contributed by atoms with Crippen LogP contribution < -0.4 is 11.1 Å². The predicted octanol–water partition coefficient (Wildman–Crippen LogP) is 1.67. The highest BCUT2D eigenvalue weighted by atomic mass is 16.2. The Morgan fingerprint density at radius 3 is 2.41 bits per heavy atom. The number of nitrogens with zero attached hydrogens (tertiary/aromatic N) is 1. The monoisotopic (exact) mass is 303 g/mol. The molecule has 0 saturated carbocycles. The summed E-state index contributed by atoms with van der Waals surface area (Å²) in [6, 6.07) is 7.32. The largest absolute Gasteiger partial charge is 0.352 e. The van der Waals surface area contributed by atoms with Crippen LogP contribution >= 0.6 is 0 Å². The molecule has 1 saturated heterocycles. The van der Waals surface area contributed by atoms with E-state index in [-0.39, 0.29) is 17.9 Å². The summed E-state index contributed by atoms with van der Waals surface area (Å²) in [5.74, 6) is 0.0516. The molecule has 1 atom stereocenters. The molecule has 5 nitrogen and oxygen atoms in total. The van der Waals surface area contributed by atoms with Crippen LogP contribution in [0.25, 0.3) is 0 Å². The van der Waals surface area contributed by atoms with E-state index in [1.807, 2.05) is 29.2 Å². The van der Waals surface area contributed by atoms with Crippen molar-refractivity contribution >= 4 is 11.8 Å². The Bertz CT molecular complexity index is 505. The van der Waals surface area contributed by atoms with Gasteiger partial charge in [0.1, 0.15) is 0 Å². The number of nitrogens with two attached hydrogens (primary N) is 1. The van der Waals surface area contributed by atoms with Gasteiger partial charge in [0.2, 0.25) is 5.91 Å². The lowest BCUT2D eigenvalue weighted by atomic mass is 10.1. The van der Waals surface area contributed by atoms with Gasteiger partial charge in [-0.1, -0.05) is 12.1 Å². The van der Waals surface area contributed by atoms with Gasteiger partial charge in [-0.3, -0.25) is 9.59 Å². The highest BCUT2D eigenvalue weighted by Crippen LogP contribution is 2.13. The van der Waals surface area contributed by atoms with Crippen molar-refractivity contribution < 1.29 is 9.59 Å². The van der Waals surface area contributed by atoms with E-state index in [4.69, 9.17) is 5.73 Å². The number of hydrogen-bond donors (Lipinski definition) is 2. The molecule has 0 bridgehead atoms. The molecular formula is C17H25N3O2. The van der Waals surface area contributed by atoms with Crippen molar-refractivity contribution in [3.05, 3.63) is 35.4 Å². The van der Waals surface area contributed by atoms with E-state index >= 15 is 0 Å². The lowest BCUT2D eigenvalue weighted by Gasteiger charge is -2.26. The number of carbonyl (C=O) groups excluding carboxylic acids is 2. The maximum atomic E-state index is 12.3. The maximum Gasteiger partial charge on any atom is 0.253 e. The number of amides is 2. The van der Waals surface area contributed by atoms with Gasteiger partial charge in [0.15, 0.2) is 0 Å². The number of piperidine rings is 1. The zero-order valence-corrected chi connectivity index (χ0v) is 13.2. The molecular weight excluding hydrogens is 278 g/mol. The minimum atomic E-state index is -0.135. The molecule has 22 heavy (non-hydrogen) atoms. The molecule has 1 unspecified atom stereocenters. The van der Waals surface area contributed by atoms with Gasteiger partial charge in [-0.15, -0.1) is 0 Å². The van der Waals surface area contributed by atoms with E-state index in [0.717, 1.165) is 31.5 Å². The number of likely N-dealkylation sites (tertiary alicyclic amines) is 1. The van der Waals surface area contributed by atoms with E-state index in [1.54, 1.807) is 6.92 Å². The SMILES string of the molecule is CC(N)CC(=O)NCc1ccc(C(=O)N2CCCCC2)cc1. The Kier molecular flexibility index (Phi) is 5.95. The second kappa shape index (κ2) is 7.94. The van der Waals surface area contributed by atoms with Crippen LogP contribution in [0.3, 0.4) is 0 Å². The Labute approximate surface area is 131 Å². The molecule has 2 rings (SSSR count). The molecule has 1 fully saturated rings. The van der Waals surface area contributed by atoms with Gasteiger partial charge >= 0.3 is 0 Å². The summed E-state index contributed by atoms with van der Waals surface area (Å²) < 4.78 is 0. The van der Waals surface area contributed by atoms with Crippen LogP contribution in [-0.4, -0.2) is 35.8 Å². The lowest BCUT2D eigenvalue weighted by Crippen LogP contribution is -2.35. The van der Waals surface area contributed by atoms with Gasteiger partial charge in [0, 0.05) is 37.7 Å². The third-order valence-electron chi connectivity index (χ3n) is 3.84. The molecule has 1 aromatic carbocycles. The number of carbonyl (C=O) groups is 2. The summed E-state index contributed by atoms with van der Waals surface area (Å²) in [5, 5.41) is 2.83. The third-order valence-corrected chi connectivity index (χ3v) is 3.84. The van der Waals surface area contributed by atoms with Crippen molar-refractivity contribution in [2.75, 3.05) is 13.1 Å². The Hall–Kier alpha value is -1.88. The van der Waals surface area contributed by atoms with Crippen LogP contribution in [-0.2, 0) is 11.3 Å². The van der Waals surface area contributed by atoms with Crippen molar-refractivity contribution in [3.8, 4) is 0 Å². The van der Waals surface area contributed by atoms with Crippen LogP contribution in [0.15, 0.2) is 24.3 Å². The quantitative estimate of drug-likeness (QED) is 0.869. The summed E-state index contributed by atoms with van der Waals surface area (Å²) in [6.45, 7) is 3.98. The predicted molar refractivity (Wildman–Crippen MR) is 86.3 cm³/mol. The van der Waals surface area contributed by atoms with Gasteiger partial charge in [-0.2, -0.15) is 0 Å². The first kappa shape index (κ1) is 16.5. The van der Waals surface area contributed by atoms with Crippen molar-refractivity contribution in [1.82, 2.24) is 10.2 Å². The third kappa shape index (κ3) is 4.84. The summed E-state index contributed by atoms with van der Waals surface area (Å²) in [7, 11) is 0. The second-order valence-electron chi connectivity index (χ2n) is 6.01. The molecule has 2 amide bonds. The van der Waals surface area contributed by atoms with Gasteiger partial charge in [0.05, 0.1) is 0 Å². The van der Waals surface area contributed by atoms with E-state index in [1.165, 1.54) is 6.42 Å². The average Bonchev–Trinajstić information content (AvgIpc) is 2.53. The van der Waals surface area contributed by atoms with Crippen LogP contribution in [0.1, 0.15) is 48.5 Å². The molecule has 120 valence electrons. The molecule has 0 spiro atoms. The van der Waals surface area contributed by atoms with E-state index in [0.29, 0.717) is 18.5 Å². The lowest BCUT2D eigenvalue weighted by molar-refractivity contribution is -0.121. The molecule has 1 aliphatic heterocycles. The summed E-state index contributed by atoms with van der Waals surface area (Å²) in [6.07, 6.45) is 3.72. The van der Waals surface area contributed by atoms with Crippen molar-refractivity contribution in [1.29, 1.82) is 0 Å². The van der Waals surface area contributed by atoms with Gasteiger partial charge < -0.3 is 16.0 Å². The first-order valence-electron chi connectivity index (χ1n) is 7.97. The molecule has 1 aromatic rings. The number of benzene rings is 1. The minimum absolute atomic E-state index is 0.0523. The van der Waals surface area contributed by atoms with Crippen molar-refractivity contribution in [2.45, 2.75) is 45.2 Å². The zero-order valence-electron chi connectivity index (χ0n) is 13.2. The van der Waals surface area contributed by atoms with E-state index in [9.17, 15) is 9.59 Å². The van der Waals surface area contributed by atoms with Gasteiger partial charge in [-0.05, 0) is 43.9 Å². The fraction of sp³-hybridized carbons (Fsp3) is 0.529. The second-order valence-corrected chi connectivity index (χ2v) is 6.01. The van der Waals surface area contributed by atoms with E-state index < -0.39 is 0 Å². The van der Waals surface area contributed by atoms with Gasteiger partial charge in [-0.25, -0.2) is 0 Å². The van der Waals surface area contributed by atoms with E-state index in [2.05, 4.69) is 5.32 Å². The van der Waals surface area contributed by atoms with Crippen LogP contribution in [0.5, 0.6) is 0 Å². The highest BCUT2D eigenvalue weighted by molar-refractivity contribution is 5.94. The Balaban J connectivity index is 1.87.